The van der Waals surface area contributed by atoms with E-state index in [4.69, 9.17) is 0 Å². The SMILES string of the molecule is CCCCCCCCCCCCCCCCCC[N+](CCCCCCCCCCCCCCCCCC)(CCCCCCCCCCCCCCCCCC)C(C)C. The first-order valence-electron chi connectivity index (χ1n) is 28.5. The van der Waals surface area contributed by atoms with E-state index in [2.05, 4.69) is 34.6 Å². The van der Waals surface area contributed by atoms with Crippen LogP contribution >= 0.6 is 0 Å². The molecule has 0 spiro atoms. The highest BCUT2D eigenvalue weighted by molar-refractivity contribution is 4.58. The molecule has 0 amide bonds. The molecule has 0 saturated carbocycles. The highest BCUT2D eigenvalue weighted by atomic mass is 15.4. The highest BCUT2D eigenvalue weighted by Crippen LogP contribution is 2.23. The maximum atomic E-state index is 2.57. The van der Waals surface area contributed by atoms with Gasteiger partial charge >= 0.3 is 0 Å². The van der Waals surface area contributed by atoms with Gasteiger partial charge in [0.05, 0.1) is 25.7 Å². The van der Waals surface area contributed by atoms with Crippen molar-refractivity contribution in [2.45, 2.75) is 349 Å². The smallest absolute Gasteiger partial charge is 0.0833 e. The summed E-state index contributed by atoms with van der Waals surface area (Å²) in [7, 11) is 0. The third kappa shape index (κ3) is 42.6. The third-order valence-electron chi connectivity index (χ3n) is 14.5. The lowest BCUT2D eigenvalue weighted by atomic mass is 10.0. The first kappa shape index (κ1) is 58.0. The van der Waals surface area contributed by atoms with Gasteiger partial charge in [0.25, 0.3) is 0 Å². The van der Waals surface area contributed by atoms with E-state index >= 15 is 0 Å². The molecule has 0 rings (SSSR count). The molecular weight excluding hydrogens is 699 g/mol. The van der Waals surface area contributed by atoms with Gasteiger partial charge in [-0.05, 0) is 52.4 Å². The van der Waals surface area contributed by atoms with Crippen LogP contribution in [-0.4, -0.2) is 30.2 Å². The van der Waals surface area contributed by atoms with Crippen molar-refractivity contribution in [1.82, 2.24) is 0 Å². The van der Waals surface area contributed by atoms with Crippen LogP contribution in [0.15, 0.2) is 0 Å². The lowest BCUT2D eigenvalue weighted by Crippen LogP contribution is -2.55. The molecule has 0 aromatic rings. The van der Waals surface area contributed by atoms with Crippen molar-refractivity contribution in [2.24, 2.45) is 0 Å². The van der Waals surface area contributed by atoms with Crippen LogP contribution < -0.4 is 0 Å². The van der Waals surface area contributed by atoms with Gasteiger partial charge in [-0.1, -0.05) is 290 Å². The second-order valence-corrected chi connectivity index (χ2v) is 20.4. The lowest BCUT2D eigenvalue weighted by molar-refractivity contribution is -0.948. The zero-order valence-corrected chi connectivity index (χ0v) is 42.1. The quantitative estimate of drug-likeness (QED) is 0.0424. The summed E-state index contributed by atoms with van der Waals surface area (Å²) in [4.78, 5) is 0. The van der Waals surface area contributed by atoms with Gasteiger partial charge in [0, 0.05) is 0 Å². The van der Waals surface area contributed by atoms with Crippen LogP contribution in [0.2, 0.25) is 0 Å². The Kier molecular flexibility index (Phi) is 49.6. The summed E-state index contributed by atoms with van der Waals surface area (Å²) in [5.74, 6) is 0. The summed E-state index contributed by atoms with van der Waals surface area (Å²) >= 11 is 0. The molecule has 58 heavy (non-hydrogen) atoms. The molecule has 0 aliphatic rings. The van der Waals surface area contributed by atoms with E-state index in [1.165, 1.54) is 332 Å². The molecule has 0 aliphatic carbocycles. The molecule has 350 valence electrons. The van der Waals surface area contributed by atoms with Gasteiger partial charge in [0.15, 0.2) is 0 Å². The minimum Gasteiger partial charge on any atom is -0.322 e. The fourth-order valence-corrected chi connectivity index (χ4v) is 10.0. The molecule has 0 unspecified atom stereocenters. The van der Waals surface area contributed by atoms with Crippen LogP contribution in [-0.2, 0) is 0 Å². The summed E-state index contributed by atoms with van der Waals surface area (Å²) in [6.45, 7) is 16.5. The average Bonchev–Trinajstić information content (AvgIpc) is 3.22. The summed E-state index contributed by atoms with van der Waals surface area (Å²) < 4.78 is 1.43. The van der Waals surface area contributed by atoms with Crippen molar-refractivity contribution in [2.75, 3.05) is 19.6 Å². The number of quaternary nitrogens is 1. The number of unbranched alkanes of at least 4 members (excludes halogenated alkanes) is 45. The predicted molar refractivity (Wildman–Crippen MR) is 269 cm³/mol. The van der Waals surface area contributed by atoms with E-state index < -0.39 is 0 Å². The Morgan fingerprint density at radius 2 is 0.310 bits per heavy atom. The number of hydrogen-bond donors (Lipinski definition) is 0. The fraction of sp³-hybridized carbons (Fsp3) is 1.00. The Labute approximate surface area is 371 Å². The molecule has 0 saturated heterocycles. The van der Waals surface area contributed by atoms with E-state index in [9.17, 15) is 0 Å². The molecule has 0 heterocycles. The van der Waals surface area contributed by atoms with Gasteiger partial charge in [-0.15, -0.1) is 0 Å². The van der Waals surface area contributed by atoms with E-state index in [1.54, 1.807) is 0 Å². The molecule has 0 radical (unpaired) electrons. The predicted octanol–water partition coefficient (Wildman–Crippen LogP) is 21.0. The Balaban J connectivity index is 4.32. The Morgan fingerprint density at radius 3 is 0.431 bits per heavy atom. The van der Waals surface area contributed by atoms with Crippen molar-refractivity contribution in [3.63, 3.8) is 0 Å². The molecule has 0 bridgehead atoms. The molecule has 0 atom stereocenters. The minimum absolute atomic E-state index is 0.782. The fourth-order valence-electron chi connectivity index (χ4n) is 10.0. The summed E-state index contributed by atoms with van der Waals surface area (Å²) in [5.41, 5.74) is 0. The largest absolute Gasteiger partial charge is 0.322 e. The maximum absolute atomic E-state index is 2.57. The number of hydrogen-bond acceptors (Lipinski definition) is 0. The van der Waals surface area contributed by atoms with Crippen LogP contribution in [0.1, 0.15) is 343 Å². The maximum Gasteiger partial charge on any atom is 0.0833 e. The molecule has 0 aliphatic heterocycles. The van der Waals surface area contributed by atoms with Crippen LogP contribution in [0.25, 0.3) is 0 Å². The van der Waals surface area contributed by atoms with E-state index in [0.717, 1.165) is 6.04 Å². The van der Waals surface area contributed by atoms with Crippen molar-refractivity contribution < 1.29 is 4.48 Å². The van der Waals surface area contributed by atoms with Gasteiger partial charge in [-0.25, -0.2) is 0 Å². The number of nitrogens with zero attached hydrogens (tertiary/aromatic N) is 1. The molecule has 0 N–H and O–H groups in total. The molecule has 0 aromatic heterocycles. The molecule has 1 nitrogen and oxygen atoms in total. The van der Waals surface area contributed by atoms with Crippen molar-refractivity contribution in [3.8, 4) is 0 Å². The topological polar surface area (TPSA) is 0 Å². The first-order valence-corrected chi connectivity index (χ1v) is 28.5. The van der Waals surface area contributed by atoms with Crippen LogP contribution in [0.4, 0.5) is 0 Å². The van der Waals surface area contributed by atoms with E-state index in [0.29, 0.717) is 0 Å². The second-order valence-electron chi connectivity index (χ2n) is 20.4. The monoisotopic (exact) mass is 817 g/mol. The zero-order valence-electron chi connectivity index (χ0n) is 42.1. The summed E-state index contributed by atoms with van der Waals surface area (Å²) in [5, 5.41) is 0. The normalized spacial score (nSPS) is 12.1. The minimum atomic E-state index is 0.782. The van der Waals surface area contributed by atoms with Crippen LogP contribution in [0.5, 0.6) is 0 Å². The first-order chi connectivity index (χ1) is 28.6. The number of rotatable bonds is 52. The molecule has 0 aromatic carbocycles. The second kappa shape index (κ2) is 49.6. The summed E-state index contributed by atoms with van der Waals surface area (Å²) in [6.07, 6.45) is 70.7. The molecular formula is C57H118N+. The Bertz CT molecular complexity index is 624. The van der Waals surface area contributed by atoms with Gasteiger partial charge in [-0.3, -0.25) is 0 Å². The molecule has 0 fully saturated rings. The van der Waals surface area contributed by atoms with E-state index in [-0.39, 0.29) is 0 Å². The molecule has 1 heteroatoms. The summed E-state index contributed by atoms with van der Waals surface area (Å²) in [6, 6.07) is 0.782. The Hall–Kier alpha value is -0.0400. The van der Waals surface area contributed by atoms with Crippen LogP contribution in [0, 0.1) is 0 Å². The third-order valence-corrected chi connectivity index (χ3v) is 14.5. The Morgan fingerprint density at radius 1 is 0.190 bits per heavy atom. The van der Waals surface area contributed by atoms with Gasteiger partial charge in [0.2, 0.25) is 0 Å². The average molecular weight is 818 g/mol. The van der Waals surface area contributed by atoms with Crippen molar-refractivity contribution >= 4 is 0 Å². The lowest BCUT2D eigenvalue weighted by Gasteiger charge is -2.43. The van der Waals surface area contributed by atoms with Crippen molar-refractivity contribution in [1.29, 1.82) is 0 Å². The van der Waals surface area contributed by atoms with Crippen LogP contribution in [0.3, 0.4) is 0 Å². The van der Waals surface area contributed by atoms with Gasteiger partial charge in [-0.2, -0.15) is 0 Å². The van der Waals surface area contributed by atoms with E-state index in [1.807, 2.05) is 0 Å². The standard InChI is InChI=1S/C57H118N/c1-6-9-12-15-18-21-24-27-30-33-36-39-42-45-48-51-54-58(57(4)5,55-52-49-46-43-40-37-34-31-28-25-22-19-16-13-10-7-2)56-53-50-47-44-41-38-35-32-29-26-23-20-17-14-11-8-3/h57H,6-56H2,1-5H3/q+1. The van der Waals surface area contributed by atoms with Gasteiger partial charge < -0.3 is 4.48 Å². The highest BCUT2D eigenvalue weighted by Gasteiger charge is 2.29. The van der Waals surface area contributed by atoms with Gasteiger partial charge in [0.1, 0.15) is 0 Å². The zero-order chi connectivity index (χ0) is 42.1. The van der Waals surface area contributed by atoms with Crippen molar-refractivity contribution in [3.05, 3.63) is 0 Å².